The SMILES string of the molecule is CNc1nc(C)nc(NC2CCSC2)c1C. The first kappa shape index (κ1) is 11.5. The molecule has 1 aliphatic heterocycles. The summed E-state index contributed by atoms with van der Waals surface area (Å²) in [6.45, 7) is 3.98. The van der Waals surface area contributed by atoms with Crippen LogP contribution in [0.1, 0.15) is 17.8 Å². The highest BCUT2D eigenvalue weighted by molar-refractivity contribution is 7.99. The predicted octanol–water partition coefficient (Wildman–Crippen LogP) is 2.05. The largest absolute Gasteiger partial charge is 0.373 e. The van der Waals surface area contributed by atoms with Crippen LogP contribution in [0.4, 0.5) is 11.6 Å². The maximum absolute atomic E-state index is 4.47. The van der Waals surface area contributed by atoms with Crippen molar-refractivity contribution in [3.8, 4) is 0 Å². The number of aryl methyl sites for hydroxylation is 1. The zero-order valence-corrected chi connectivity index (χ0v) is 10.8. The van der Waals surface area contributed by atoms with Crippen molar-refractivity contribution in [2.75, 3.05) is 29.2 Å². The van der Waals surface area contributed by atoms with Gasteiger partial charge in [-0.2, -0.15) is 11.8 Å². The third-order valence-electron chi connectivity index (χ3n) is 2.76. The number of thioether (sulfide) groups is 1. The van der Waals surface area contributed by atoms with Crippen molar-refractivity contribution in [1.82, 2.24) is 9.97 Å². The second-order valence-corrected chi connectivity index (χ2v) is 5.20. The lowest BCUT2D eigenvalue weighted by atomic mass is 10.2. The van der Waals surface area contributed by atoms with E-state index >= 15 is 0 Å². The highest BCUT2D eigenvalue weighted by Gasteiger charge is 2.17. The topological polar surface area (TPSA) is 49.8 Å². The van der Waals surface area contributed by atoms with Gasteiger partial charge in [0.05, 0.1) is 0 Å². The fraction of sp³-hybridized carbons (Fsp3) is 0.636. The highest BCUT2D eigenvalue weighted by atomic mass is 32.2. The van der Waals surface area contributed by atoms with Crippen LogP contribution >= 0.6 is 11.8 Å². The van der Waals surface area contributed by atoms with Crippen molar-refractivity contribution in [3.05, 3.63) is 11.4 Å². The second kappa shape index (κ2) is 4.91. The summed E-state index contributed by atoms with van der Waals surface area (Å²) in [6, 6.07) is 0.558. The Bertz CT molecular complexity index is 374. The summed E-state index contributed by atoms with van der Waals surface area (Å²) in [7, 11) is 1.89. The van der Waals surface area contributed by atoms with E-state index in [4.69, 9.17) is 0 Å². The molecule has 0 spiro atoms. The normalized spacial score (nSPS) is 19.8. The molecular formula is C11H18N4S. The first-order chi connectivity index (χ1) is 7.70. The Kier molecular flexibility index (Phi) is 3.53. The maximum Gasteiger partial charge on any atom is 0.135 e. The first-order valence-electron chi connectivity index (χ1n) is 5.58. The van der Waals surface area contributed by atoms with E-state index in [0.29, 0.717) is 6.04 Å². The lowest BCUT2D eigenvalue weighted by molar-refractivity contribution is 0.801. The van der Waals surface area contributed by atoms with Crippen molar-refractivity contribution in [1.29, 1.82) is 0 Å². The second-order valence-electron chi connectivity index (χ2n) is 4.05. The standard InChI is InChI=1S/C11H18N4S/c1-7-10(12-3)13-8(2)14-11(7)15-9-4-5-16-6-9/h9H,4-6H2,1-3H3,(H2,12,13,14,15). The van der Waals surface area contributed by atoms with Crippen LogP contribution in [-0.4, -0.2) is 34.6 Å². The molecule has 0 bridgehead atoms. The fourth-order valence-electron chi connectivity index (χ4n) is 1.85. The van der Waals surface area contributed by atoms with Crippen LogP contribution in [0.2, 0.25) is 0 Å². The van der Waals surface area contributed by atoms with Gasteiger partial charge in [0.15, 0.2) is 0 Å². The number of hydrogen-bond acceptors (Lipinski definition) is 5. The van der Waals surface area contributed by atoms with Gasteiger partial charge < -0.3 is 10.6 Å². The van der Waals surface area contributed by atoms with Crippen molar-refractivity contribution in [3.63, 3.8) is 0 Å². The van der Waals surface area contributed by atoms with Crippen molar-refractivity contribution in [2.24, 2.45) is 0 Å². The molecule has 1 atom stereocenters. The van der Waals surface area contributed by atoms with Crippen LogP contribution < -0.4 is 10.6 Å². The van der Waals surface area contributed by atoms with Gasteiger partial charge >= 0.3 is 0 Å². The molecular weight excluding hydrogens is 220 g/mol. The lowest BCUT2D eigenvalue weighted by Gasteiger charge is -2.16. The Hall–Kier alpha value is -0.970. The molecule has 0 amide bonds. The average molecular weight is 238 g/mol. The molecule has 2 rings (SSSR count). The molecule has 1 saturated heterocycles. The Labute approximate surface area is 101 Å². The van der Waals surface area contributed by atoms with Crippen molar-refractivity contribution < 1.29 is 0 Å². The van der Waals surface area contributed by atoms with Gasteiger partial charge in [-0.15, -0.1) is 0 Å². The van der Waals surface area contributed by atoms with E-state index in [9.17, 15) is 0 Å². The van der Waals surface area contributed by atoms with Gasteiger partial charge in [0.2, 0.25) is 0 Å². The van der Waals surface area contributed by atoms with Gasteiger partial charge in [0.25, 0.3) is 0 Å². The summed E-state index contributed by atoms with van der Waals surface area (Å²) in [4.78, 5) is 8.83. The predicted molar refractivity (Wildman–Crippen MR) is 70.4 cm³/mol. The van der Waals surface area contributed by atoms with Gasteiger partial charge in [-0.3, -0.25) is 0 Å². The summed E-state index contributed by atoms with van der Waals surface area (Å²) in [5.41, 5.74) is 1.10. The maximum atomic E-state index is 4.47. The van der Waals surface area contributed by atoms with Gasteiger partial charge in [-0.1, -0.05) is 0 Å². The van der Waals surface area contributed by atoms with E-state index < -0.39 is 0 Å². The minimum atomic E-state index is 0.558. The van der Waals surface area contributed by atoms with E-state index in [1.54, 1.807) is 0 Å². The molecule has 1 unspecified atom stereocenters. The minimum Gasteiger partial charge on any atom is -0.373 e. The number of hydrogen-bond donors (Lipinski definition) is 2. The molecule has 2 heterocycles. The zero-order valence-electron chi connectivity index (χ0n) is 10.0. The molecule has 1 fully saturated rings. The molecule has 1 aromatic rings. The molecule has 0 radical (unpaired) electrons. The first-order valence-corrected chi connectivity index (χ1v) is 6.73. The lowest BCUT2D eigenvalue weighted by Crippen LogP contribution is -2.20. The van der Waals surface area contributed by atoms with Crippen LogP contribution in [0.5, 0.6) is 0 Å². The Morgan fingerprint density at radius 1 is 1.25 bits per heavy atom. The Morgan fingerprint density at radius 2 is 2.00 bits per heavy atom. The molecule has 0 saturated carbocycles. The van der Waals surface area contributed by atoms with Gasteiger partial charge in [0, 0.05) is 24.4 Å². The average Bonchev–Trinajstić information content (AvgIpc) is 2.75. The fourth-order valence-corrected chi connectivity index (χ4v) is 3.01. The molecule has 4 nitrogen and oxygen atoms in total. The van der Waals surface area contributed by atoms with E-state index in [2.05, 4.69) is 27.5 Å². The number of aromatic nitrogens is 2. The molecule has 1 aromatic heterocycles. The summed E-state index contributed by atoms with van der Waals surface area (Å²) >= 11 is 2.00. The quantitative estimate of drug-likeness (QED) is 0.844. The monoisotopic (exact) mass is 238 g/mol. The van der Waals surface area contributed by atoms with Gasteiger partial charge in [0.1, 0.15) is 17.5 Å². The molecule has 88 valence electrons. The summed E-state index contributed by atoms with van der Waals surface area (Å²) in [5, 5.41) is 6.62. The minimum absolute atomic E-state index is 0.558. The molecule has 0 aliphatic carbocycles. The number of anilines is 2. The summed E-state index contributed by atoms with van der Waals surface area (Å²) < 4.78 is 0. The van der Waals surface area contributed by atoms with Gasteiger partial charge in [-0.25, -0.2) is 9.97 Å². The van der Waals surface area contributed by atoms with Crippen molar-refractivity contribution >= 4 is 23.4 Å². The van der Waals surface area contributed by atoms with E-state index in [1.807, 2.05) is 25.7 Å². The Balaban J connectivity index is 2.21. The summed E-state index contributed by atoms with van der Waals surface area (Å²) in [5.74, 6) is 5.13. The number of rotatable bonds is 3. The van der Waals surface area contributed by atoms with Crippen molar-refractivity contribution in [2.45, 2.75) is 26.3 Å². The van der Waals surface area contributed by atoms with Crippen LogP contribution in [-0.2, 0) is 0 Å². The smallest absolute Gasteiger partial charge is 0.135 e. The van der Waals surface area contributed by atoms with Crippen LogP contribution in [0.25, 0.3) is 0 Å². The van der Waals surface area contributed by atoms with Crippen LogP contribution in [0, 0.1) is 13.8 Å². The van der Waals surface area contributed by atoms with Gasteiger partial charge in [-0.05, 0) is 26.0 Å². The highest BCUT2D eigenvalue weighted by Crippen LogP contribution is 2.24. The molecule has 16 heavy (non-hydrogen) atoms. The third-order valence-corrected chi connectivity index (χ3v) is 3.93. The summed E-state index contributed by atoms with van der Waals surface area (Å²) in [6.07, 6.45) is 1.22. The molecule has 5 heteroatoms. The molecule has 0 aromatic carbocycles. The third kappa shape index (κ3) is 2.40. The Morgan fingerprint density at radius 3 is 2.62 bits per heavy atom. The number of nitrogens with zero attached hydrogens (tertiary/aromatic N) is 2. The van der Waals surface area contributed by atoms with Crippen LogP contribution in [0.15, 0.2) is 0 Å². The van der Waals surface area contributed by atoms with E-state index in [0.717, 1.165) is 23.0 Å². The van der Waals surface area contributed by atoms with E-state index in [-0.39, 0.29) is 0 Å². The number of nitrogens with one attached hydrogen (secondary N) is 2. The van der Waals surface area contributed by atoms with E-state index in [1.165, 1.54) is 17.9 Å². The molecule has 1 aliphatic rings. The van der Waals surface area contributed by atoms with Crippen LogP contribution in [0.3, 0.4) is 0 Å². The zero-order chi connectivity index (χ0) is 11.5. The molecule has 2 N–H and O–H groups in total.